The Bertz CT molecular complexity index is 2660. The molecule has 0 aliphatic heterocycles. The van der Waals surface area contributed by atoms with Crippen LogP contribution in [0, 0.1) is 27.7 Å². The van der Waals surface area contributed by atoms with Gasteiger partial charge in [-0.25, -0.2) is 4.98 Å². The highest BCUT2D eigenvalue weighted by molar-refractivity contribution is 5.88. The largest absolute Gasteiger partial charge is 0.436 e. The minimum absolute atomic E-state index is 0.597. The lowest BCUT2D eigenvalue weighted by molar-refractivity contribution is 0.620. The predicted octanol–water partition coefficient (Wildman–Crippen LogP) is 15.0. The number of fused-ring (bicyclic) bond motifs is 1. The van der Waals surface area contributed by atoms with E-state index < -0.39 is 0 Å². The standard InChI is InChI=1S/C53H43N3O/c1-36-9-22-43(23-10-36)55(44-24-11-37(2)12-25-44)47-30-17-40(18-31-47)42-21-34-49(50(35-42)53-54-51-7-5-6-8-52(51)57-53)41-19-32-48(33-20-41)56(45-26-13-38(3)14-27-45)46-28-15-39(4)16-29-46/h5-35H,1-4H3. The molecule has 8 aromatic carbocycles. The monoisotopic (exact) mass is 737 g/mol. The van der Waals surface area contributed by atoms with E-state index in [1.807, 2.05) is 24.3 Å². The van der Waals surface area contributed by atoms with Gasteiger partial charge in [-0.05, 0) is 141 Å². The van der Waals surface area contributed by atoms with Gasteiger partial charge < -0.3 is 14.2 Å². The Labute approximate surface area is 335 Å². The van der Waals surface area contributed by atoms with Crippen molar-refractivity contribution in [1.29, 1.82) is 0 Å². The van der Waals surface area contributed by atoms with E-state index in [1.165, 1.54) is 22.3 Å². The molecule has 4 heteroatoms. The lowest BCUT2D eigenvalue weighted by Crippen LogP contribution is -2.09. The molecule has 276 valence electrons. The van der Waals surface area contributed by atoms with Crippen LogP contribution < -0.4 is 9.80 Å². The van der Waals surface area contributed by atoms with Crippen molar-refractivity contribution in [3.8, 4) is 33.7 Å². The minimum Gasteiger partial charge on any atom is -0.436 e. The predicted molar refractivity (Wildman–Crippen MR) is 239 cm³/mol. The van der Waals surface area contributed by atoms with Crippen LogP contribution in [0.3, 0.4) is 0 Å². The fraction of sp³-hybridized carbons (Fsp3) is 0.0755. The lowest BCUT2D eigenvalue weighted by Gasteiger charge is -2.26. The van der Waals surface area contributed by atoms with E-state index >= 15 is 0 Å². The lowest BCUT2D eigenvalue weighted by atomic mass is 9.94. The van der Waals surface area contributed by atoms with Gasteiger partial charge in [0.1, 0.15) is 5.52 Å². The van der Waals surface area contributed by atoms with Crippen molar-refractivity contribution in [2.45, 2.75) is 27.7 Å². The molecule has 0 saturated heterocycles. The van der Waals surface area contributed by atoms with E-state index in [0.29, 0.717) is 5.89 Å². The van der Waals surface area contributed by atoms with Crippen molar-refractivity contribution < 1.29 is 4.42 Å². The van der Waals surface area contributed by atoms with Crippen LogP contribution in [0.15, 0.2) is 192 Å². The van der Waals surface area contributed by atoms with Crippen LogP contribution in [0.5, 0.6) is 0 Å². The molecule has 0 aliphatic rings. The fourth-order valence-electron chi connectivity index (χ4n) is 7.40. The molecule has 0 atom stereocenters. The summed E-state index contributed by atoms with van der Waals surface area (Å²) >= 11 is 0. The summed E-state index contributed by atoms with van der Waals surface area (Å²) in [6.07, 6.45) is 0. The molecule has 0 aliphatic carbocycles. The van der Waals surface area contributed by atoms with Gasteiger partial charge in [-0.2, -0.15) is 0 Å². The number of rotatable bonds is 9. The van der Waals surface area contributed by atoms with E-state index in [0.717, 1.165) is 73.0 Å². The summed E-state index contributed by atoms with van der Waals surface area (Å²) in [5, 5.41) is 0. The third-order valence-electron chi connectivity index (χ3n) is 10.6. The van der Waals surface area contributed by atoms with Crippen LogP contribution in [0.25, 0.3) is 44.8 Å². The maximum atomic E-state index is 6.44. The van der Waals surface area contributed by atoms with Crippen molar-refractivity contribution in [1.82, 2.24) is 4.98 Å². The topological polar surface area (TPSA) is 32.5 Å². The Morgan fingerprint density at radius 2 is 0.719 bits per heavy atom. The number of anilines is 6. The number of hydrogen-bond acceptors (Lipinski definition) is 4. The Balaban J connectivity index is 1.10. The van der Waals surface area contributed by atoms with Gasteiger partial charge in [0.15, 0.2) is 5.58 Å². The van der Waals surface area contributed by atoms with Gasteiger partial charge in [-0.3, -0.25) is 0 Å². The number of aromatic nitrogens is 1. The van der Waals surface area contributed by atoms with Crippen LogP contribution >= 0.6 is 0 Å². The molecule has 0 radical (unpaired) electrons. The molecule has 0 amide bonds. The van der Waals surface area contributed by atoms with Crippen LogP contribution in [0.2, 0.25) is 0 Å². The SMILES string of the molecule is Cc1ccc(N(c2ccc(C)cc2)c2ccc(-c3ccc(-c4ccc(N(c5ccc(C)cc5)c5ccc(C)cc5)cc4)c(-c4nc5ccccc5o4)c3)cc2)cc1. The average Bonchev–Trinajstić information content (AvgIpc) is 3.69. The fourth-order valence-corrected chi connectivity index (χ4v) is 7.40. The van der Waals surface area contributed by atoms with Crippen LogP contribution in [0.1, 0.15) is 22.3 Å². The van der Waals surface area contributed by atoms with Gasteiger partial charge in [-0.15, -0.1) is 0 Å². The molecule has 57 heavy (non-hydrogen) atoms. The summed E-state index contributed by atoms with van der Waals surface area (Å²) in [6, 6.07) is 67.0. The Morgan fingerprint density at radius 3 is 1.14 bits per heavy atom. The van der Waals surface area contributed by atoms with Crippen molar-refractivity contribution in [2.24, 2.45) is 0 Å². The Morgan fingerprint density at radius 1 is 0.351 bits per heavy atom. The zero-order valence-corrected chi connectivity index (χ0v) is 32.6. The molecule has 0 unspecified atom stereocenters. The van der Waals surface area contributed by atoms with E-state index in [4.69, 9.17) is 9.40 Å². The molecule has 0 saturated carbocycles. The van der Waals surface area contributed by atoms with Gasteiger partial charge in [-0.1, -0.05) is 119 Å². The maximum absolute atomic E-state index is 6.44. The van der Waals surface area contributed by atoms with Crippen molar-refractivity contribution in [3.63, 3.8) is 0 Å². The van der Waals surface area contributed by atoms with Crippen LogP contribution in [-0.4, -0.2) is 4.98 Å². The molecule has 9 rings (SSSR count). The average molecular weight is 738 g/mol. The van der Waals surface area contributed by atoms with Crippen LogP contribution in [0.4, 0.5) is 34.1 Å². The van der Waals surface area contributed by atoms with Gasteiger partial charge in [0, 0.05) is 39.7 Å². The second kappa shape index (κ2) is 15.2. The molecular formula is C53H43N3O. The number of aryl methyl sites for hydroxylation is 4. The zero-order valence-electron chi connectivity index (χ0n) is 32.6. The second-order valence-corrected chi connectivity index (χ2v) is 14.9. The zero-order chi connectivity index (χ0) is 38.9. The third-order valence-corrected chi connectivity index (χ3v) is 10.6. The van der Waals surface area contributed by atoms with Crippen molar-refractivity contribution >= 4 is 45.2 Å². The summed E-state index contributed by atoms with van der Waals surface area (Å²) in [5.74, 6) is 0.597. The first-order valence-electron chi connectivity index (χ1n) is 19.4. The smallest absolute Gasteiger partial charge is 0.227 e. The molecule has 1 heterocycles. The number of benzene rings is 8. The van der Waals surface area contributed by atoms with Crippen molar-refractivity contribution in [2.75, 3.05) is 9.80 Å². The molecule has 4 nitrogen and oxygen atoms in total. The Hall–Kier alpha value is -7.17. The summed E-state index contributed by atoms with van der Waals surface area (Å²) in [7, 11) is 0. The quantitative estimate of drug-likeness (QED) is 0.148. The Kier molecular flexibility index (Phi) is 9.45. The van der Waals surface area contributed by atoms with Gasteiger partial charge >= 0.3 is 0 Å². The molecular weight excluding hydrogens is 695 g/mol. The number of nitrogens with zero attached hydrogens (tertiary/aromatic N) is 3. The van der Waals surface area contributed by atoms with Crippen LogP contribution in [-0.2, 0) is 0 Å². The summed E-state index contributed by atoms with van der Waals surface area (Å²) in [4.78, 5) is 9.58. The molecule has 0 fully saturated rings. The number of hydrogen-bond donors (Lipinski definition) is 0. The highest BCUT2D eigenvalue weighted by atomic mass is 16.3. The van der Waals surface area contributed by atoms with E-state index in [9.17, 15) is 0 Å². The first-order chi connectivity index (χ1) is 27.9. The summed E-state index contributed by atoms with van der Waals surface area (Å²) in [5.41, 5.74) is 18.4. The van der Waals surface area contributed by atoms with Gasteiger partial charge in [0.2, 0.25) is 5.89 Å². The van der Waals surface area contributed by atoms with Crippen molar-refractivity contribution in [3.05, 3.63) is 210 Å². The van der Waals surface area contributed by atoms with E-state index in [1.54, 1.807) is 0 Å². The van der Waals surface area contributed by atoms with Gasteiger partial charge in [0.05, 0.1) is 0 Å². The molecule has 0 bridgehead atoms. The normalized spacial score (nSPS) is 11.2. The number of oxazole rings is 1. The molecule has 1 aromatic heterocycles. The molecule has 0 N–H and O–H groups in total. The maximum Gasteiger partial charge on any atom is 0.227 e. The first kappa shape index (κ1) is 35.5. The van der Waals surface area contributed by atoms with E-state index in [2.05, 4.69) is 201 Å². The second-order valence-electron chi connectivity index (χ2n) is 14.9. The molecule has 9 aromatic rings. The first-order valence-corrected chi connectivity index (χ1v) is 19.4. The number of para-hydroxylation sites is 2. The highest BCUT2D eigenvalue weighted by Gasteiger charge is 2.18. The van der Waals surface area contributed by atoms with E-state index in [-0.39, 0.29) is 0 Å². The minimum atomic E-state index is 0.597. The third kappa shape index (κ3) is 7.33. The summed E-state index contributed by atoms with van der Waals surface area (Å²) in [6.45, 7) is 8.49. The van der Waals surface area contributed by atoms with Gasteiger partial charge in [0.25, 0.3) is 0 Å². The highest BCUT2D eigenvalue weighted by Crippen LogP contribution is 2.41. The molecule has 0 spiro atoms. The summed E-state index contributed by atoms with van der Waals surface area (Å²) < 4.78 is 6.44.